The van der Waals surface area contributed by atoms with Gasteiger partial charge >= 0.3 is 0 Å². The molecule has 1 saturated carbocycles. The highest BCUT2D eigenvalue weighted by Gasteiger charge is 2.13. The molecule has 4 nitrogen and oxygen atoms in total. The average molecular weight is 248 g/mol. The Kier molecular flexibility index (Phi) is 4.79. The third kappa shape index (κ3) is 3.86. The standard InChI is InChI=1S/C14H24N4/c1-11-17-13(15-2)10-14(18-11)16-9-5-8-12-6-3-4-7-12/h10,12H,3-9H2,1-2H3,(H2,15,16,17,18). The van der Waals surface area contributed by atoms with E-state index in [2.05, 4.69) is 20.6 Å². The van der Waals surface area contributed by atoms with E-state index in [1.165, 1.54) is 38.5 Å². The predicted molar refractivity (Wildman–Crippen MR) is 76.0 cm³/mol. The van der Waals surface area contributed by atoms with Crippen LogP contribution in [0.2, 0.25) is 0 Å². The summed E-state index contributed by atoms with van der Waals surface area (Å²) in [6.45, 7) is 2.93. The number of nitrogens with one attached hydrogen (secondary N) is 2. The van der Waals surface area contributed by atoms with E-state index in [1.54, 1.807) is 0 Å². The number of hydrogen-bond donors (Lipinski definition) is 2. The molecule has 1 fully saturated rings. The molecule has 0 atom stereocenters. The minimum atomic E-state index is 0.806. The Labute approximate surface area is 110 Å². The van der Waals surface area contributed by atoms with Crippen molar-refractivity contribution in [1.29, 1.82) is 0 Å². The third-order valence-corrected chi connectivity index (χ3v) is 3.66. The molecular weight excluding hydrogens is 224 g/mol. The van der Waals surface area contributed by atoms with Gasteiger partial charge in [-0.2, -0.15) is 0 Å². The Hall–Kier alpha value is -1.32. The first-order chi connectivity index (χ1) is 8.78. The predicted octanol–water partition coefficient (Wildman–Crippen LogP) is 3.21. The fourth-order valence-electron chi connectivity index (χ4n) is 2.69. The van der Waals surface area contributed by atoms with Crippen LogP contribution >= 0.6 is 0 Å². The molecule has 0 spiro atoms. The lowest BCUT2D eigenvalue weighted by Gasteiger charge is -2.10. The number of anilines is 2. The van der Waals surface area contributed by atoms with Crippen LogP contribution in [-0.4, -0.2) is 23.6 Å². The van der Waals surface area contributed by atoms with Crippen molar-refractivity contribution >= 4 is 11.6 Å². The minimum Gasteiger partial charge on any atom is -0.373 e. The summed E-state index contributed by atoms with van der Waals surface area (Å²) in [4.78, 5) is 8.67. The second-order valence-electron chi connectivity index (χ2n) is 5.16. The molecular formula is C14H24N4. The van der Waals surface area contributed by atoms with Crippen molar-refractivity contribution in [2.45, 2.75) is 45.4 Å². The highest BCUT2D eigenvalue weighted by molar-refractivity contribution is 5.46. The maximum absolute atomic E-state index is 4.39. The molecule has 1 aromatic heterocycles. The summed E-state index contributed by atoms with van der Waals surface area (Å²) in [5, 5.41) is 6.45. The molecule has 1 aromatic rings. The van der Waals surface area contributed by atoms with E-state index >= 15 is 0 Å². The van der Waals surface area contributed by atoms with Gasteiger partial charge in [0.05, 0.1) is 0 Å². The molecule has 0 aliphatic heterocycles. The summed E-state index contributed by atoms with van der Waals surface area (Å²) in [5.74, 6) is 3.59. The van der Waals surface area contributed by atoms with Crippen molar-refractivity contribution in [3.63, 3.8) is 0 Å². The third-order valence-electron chi connectivity index (χ3n) is 3.66. The van der Waals surface area contributed by atoms with Crippen LogP contribution in [0, 0.1) is 12.8 Å². The molecule has 2 N–H and O–H groups in total. The van der Waals surface area contributed by atoms with Crippen molar-refractivity contribution in [2.24, 2.45) is 5.92 Å². The van der Waals surface area contributed by atoms with Gasteiger partial charge in [0.2, 0.25) is 0 Å². The summed E-state index contributed by atoms with van der Waals surface area (Å²) in [6.07, 6.45) is 8.36. The zero-order chi connectivity index (χ0) is 12.8. The molecule has 1 aliphatic carbocycles. The summed E-state index contributed by atoms with van der Waals surface area (Å²) in [5.41, 5.74) is 0. The van der Waals surface area contributed by atoms with Crippen LogP contribution in [0.25, 0.3) is 0 Å². The van der Waals surface area contributed by atoms with Crippen LogP contribution in [0.3, 0.4) is 0 Å². The molecule has 18 heavy (non-hydrogen) atoms. The van der Waals surface area contributed by atoms with Gasteiger partial charge in [-0.25, -0.2) is 9.97 Å². The zero-order valence-electron chi connectivity index (χ0n) is 11.5. The quantitative estimate of drug-likeness (QED) is 0.759. The summed E-state index contributed by atoms with van der Waals surface area (Å²) < 4.78 is 0. The lowest BCUT2D eigenvalue weighted by molar-refractivity contribution is 0.491. The van der Waals surface area contributed by atoms with E-state index < -0.39 is 0 Å². The van der Waals surface area contributed by atoms with Crippen LogP contribution in [-0.2, 0) is 0 Å². The van der Waals surface area contributed by atoms with Gasteiger partial charge in [0.1, 0.15) is 17.5 Å². The first kappa shape index (κ1) is 13.1. The Morgan fingerprint density at radius 2 is 1.94 bits per heavy atom. The van der Waals surface area contributed by atoms with E-state index in [1.807, 2.05) is 20.0 Å². The SMILES string of the molecule is CNc1cc(NCCCC2CCCC2)nc(C)n1. The van der Waals surface area contributed by atoms with Crippen molar-refractivity contribution in [1.82, 2.24) is 9.97 Å². The minimum absolute atomic E-state index is 0.806. The number of aromatic nitrogens is 2. The largest absolute Gasteiger partial charge is 0.373 e. The Morgan fingerprint density at radius 3 is 2.67 bits per heavy atom. The Balaban J connectivity index is 1.73. The molecule has 0 radical (unpaired) electrons. The fraction of sp³-hybridized carbons (Fsp3) is 0.714. The highest BCUT2D eigenvalue weighted by Crippen LogP contribution is 2.28. The monoisotopic (exact) mass is 248 g/mol. The van der Waals surface area contributed by atoms with Crippen molar-refractivity contribution in [3.8, 4) is 0 Å². The van der Waals surface area contributed by atoms with Gasteiger partial charge in [-0.1, -0.05) is 25.7 Å². The molecule has 0 unspecified atom stereocenters. The Morgan fingerprint density at radius 1 is 1.22 bits per heavy atom. The van der Waals surface area contributed by atoms with Crippen LogP contribution in [0.15, 0.2) is 6.07 Å². The molecule has 2 rings (SSSR count). The molecule has 1 heterocycles. The van der Waals surface area contributed by atoms with E-state index in [-0.39, 0.29) is 0 Å². The maximum atomic E-state index is 4.39. The van der Waals surface area contributed by atoms with Gasteiger partial charge in [-0.15, -0.1) is 0 Å². The van der Waals surface area contributed by atoms with Crippen molar-refractivity contribution in [3.05, 3.63) is 11.9 Å². The Bertz CT molecular complexity index is 372. The second-order valence-corrected chi connectivity index (χ2v) is 5.16. The van der Waals surface area contributed by atoms with Gasteiger partial charge in [0.25, 0.3) is 0 Å². The number of rotatable bonds is 6. The second kappa shape index (κ2) is 6.57. The smallest absolute Gasteiger partial charge is 0.131 e. The number of aryl methyl sites for hydroxylation is 1. The highest BCUT2D eigenvalue weighted by atomic mass is 15.1. The van der Waals surface area contributed by atoms with Gasteiger partial charge in [-0.3, -0.25) is 0 Å². The maximum Gasteiger partial charge on any atom is 0.131 e. The van der Waals surface area contributed by atoms with Crippen LogP contribution in [0.5, 0.6) is 0 Å². The molecule has 0 amide bonds. The van der Waals surface area contributed by atoms with Gasteiger partial charge in [0, 0.05) is 19.7 Å². The molecule has 0 saturated heterocycles. The van der Waals surface area contributed by atoms with E-state index in [0.29, 0.717) is 0 Å². The molecule has 1 aliphatic rings. The van der Waals surface area contributed by atoms with E-state index in [0.717, 1.165) is 29.9 Å². The van der Waals surface area contributed by atoms with Gasteiger partial charge in [-0.05, 0) is 25.7 Å². The number of hydrogen-bond acceptors (Lipinski definition) is 4. The summed E-state index contributed by atoms with van der Waals surface area (Å²) in [7, 11) is 1.88. The van der Waals surface area contributed by atoms with Crippen LogP contribution < -0.4 is 10.6 Å². The van der Waals surface area contributed by atoms with Crippen molar-refractivity contribution < 1.29 is 0 Å². The molecule has 100 valence electrons. The first-order valence-electron chi connectivity index (χ1n) is 7.05. The number of nitrogens with zero attached hydrogens (tertiary/aromatic N) is 2. The molecule has 0 aromatic carbocycles. The van der Waals surface area contributed by atoms with E-state index in [9.17, 15) is 0 Å². The topological polar surface area (TPSA) is 49.8 Å². The molecule has 4 heteroatoms. The lowest BCUT2D eigenvalue weighted by atomic mass is 10.0. The normalized spacial score (nSPS) is 15.9. The summed E-state index contributed by atoms with van der Waals surface area (Å²) in [6, 6.07) is 1.96. The zero-order valence-corrected chi connectivity index (χ0v) is 11.5. The van der Waals surface area contributed by atoms with Crippen LogP contribution in [0.4, 0.5) is 11.6 Å². The molecule has 0 bridgehead atoms. The average Bonchev–Trinajstić information content (AvgIpc) is 2.87. The van der Waals surface area contributed by atoms with Gasteiger partial charge in [0.15, 0.2) is 0 Å². The van der Waals surface area contributed by atoms with Crippen LogP contribution in [0.1, 0.15) is 44.3 Å². The lowest BCUT2D eigenvalue weighted by Crippen LogP contribution is -2.07. The summed E-state index contributed by atoms with van der Waals surface area (Å²) >= 11 is 0. The van der Waals surface area contributed by atoms with Crippen molar-refractivity contribution in [2.75, 3.05) is 24.2 Å². The van der Waals surface area contributed by atoms with Gasteiger partial charge < -0.3 is 10.6 Å². The van der Waals surface area contributed by atoms with E-state index in [4.69, 9.17) is 0 Å². The fourth-order valence-corrected chi connectivity index (χ4v) is 2.69. The first-order valence-corrected chi connectivity index (χ1v) is 7.05.